The predicted octanol–water partition coefficient (Wildman–Crippen LogP) is 9.97. The Balaban J connectivity index is 1.37. The number of carbonyl (C=O) groups is 1. The molecule has 0 amide bonds. The zero-order valence-electron chi connectivity index (χ0n) is 29.7. The zero-order valence-corrected chi connectivity index (χ0v) is 31.2. The fourth-order valence-corrected chi connectivity index (χ4v) is 8.36. The van der Waals surface area contributed by atoms with Gasteiger partial charge < -0.3 is 9.30 Å². The monoisotopic (exact) mass is 772 g/mol. The van der Waals surface area contributed by atoms with Gasteiger partial charge in [-0.05, 0) is 90.4 Å². The second kappa shape index (κ2) is 17.1. The van der Waals surface area contributed by atoms with E-state index in [1.807, 2.05) is 66.7 Å². The molecule has 1 N–H and O–H groups in total. The van der Waals surface area contributed by atoms with Crippen molar-refractivity contribution in [3.05, 3.63) is 177 Å². The van der Waals surface area contributed by atoms with Gasteiger partial charge >= 0.3 is 12.1 Å². The molecule has 0 aliphatic carbocycles. The van der Waals surface area contributed by atoms with Gasteiger partial charge in [0.25, 0.3) is 0 Å². The number of nitrogens with zero attached hydrogens (tertiary/aromatic N) is 1. The second-order valence-corrected chi connectivity index (χ2v) is 15.3. The van der Waals surface area contributed by atoms with Crippen molar-refractivity contribution in [2.45, 2.75) is 50.6 Å². The molecular formula is C43H40ClF3N2O4S. The van der Waals surface area contributed by atoms with Crippen LogP contribution in [0.3, 0.4) is 0 Å². The summed E-state index contributed by atoms with van der Waals surface area (Å²) in [6.45, 7) is 2.02. The summed E-state index contributed by atoms with van der Waals surface area (Å²) >= 11 is 6.63. The fourth-order valence-electron chi connectivity index (χ4n) is 7.01. The summed E-state index contributed by atoms with van der Waals surface area (Å²) in [7, 11) is -4.15. The third-order valence-corrected chi connectivity index (χ3v) is 11.0. The molecule has 0 fully saturated rings. The molecule has 0 bridgehead atoms. The van der Waals surface area contributed by atoms with Gasteiger partial charge in [0.1, 0.15) is 0 Å². The first-order chi connectivity index (χ1) is 25.9. The maximum atomic E-state index is 13.7. The maximum absolute atomic E-state index is 13.7. The van der Waals surface area contributed by atoms with Crippen LogP contribution >= 0.6 is 11.6 Å². The smallest absolute Gasteiger partial charge is 0.416 e. The van der Waals surface area contributed by atoms with Gasteiger partial charge in [-0.15, -0.1) is 0 Å². The van der Waals surface area contributed by atoms with E-state index >= 15 is 0 Å². The molecule has 280 valence electrons. The highest BCUT2D eigenvalue weighted by Gasteiger charge is 2.34. The molecule has 0 unspecified atom stereocenters. The van der Waals surface area contributed by atoms with E-state index in [9.17, 15) is 26.4 Å². The predicted molar refractivity (Wildman–Crippen MR) is 207 cm³/mol. The van der Waals surface area contributed by atoms with E-state index in [1.165, 1.54) is 18.2 Å². The number of esters is 1. The van der Waals surface area contributed by atoms with Crippen LogP contribution in [0.25, 0.3) is 10.9 Å². The van der Waals surface area contributed by atoms with Crippen LogP contribution in [0.1, 0.15) is 68.8 Å². The Morgan fingerprint density at radius 3 is 2.07 bits per heavy atom. The number of benzene rings is 5. The van der Waals surface area contributed by atoms with Gasteiger partial charge in [0.05, 0.1) is 29.5 Å². The molecule has 0 aliphatic heterocycles. The normalized spacial score (nSPS) is 12.0. The molecule has 0 aliphatic rings. The van der Waals surface area contributed by atoms with Crippen molar-refractivity contribution in [1.29, 1.82) is 0 Å². The number of hydrogen-bond donors (Lipinski definition) is 1. The molecule has 0 saturated carbocycles. The number of carbonyl (C=O) groups excluding carboxylic acids is 1. The van der Waals surface area contributed by atoms with Crippen molar-refractivity contribution in [3.63, 3.8) is 0 Å². The molecule has 1 heterocycles. The summed E-state index contributed by atoms with van der Waals surface area (Å²) in [5, 5.41) is 1.50. The Kier molecular flexibility index (Phi) is 12.3. The second-order valence-electron chi connectivity index (χ2n) is 13.0. The average Bonchev–Trinajstić information content (AvgIpc) is 3.44. The lowest BCUT2D eigenvalue weighted by molar-refractivity contribution is -0.138. The quantitative estimate of drug-likeness (QED) is 0.106. The number of fused-ring (bicyclic) bond motifs is 1. The van der Waals surface area contributed by atoms with Crippen LogP contribution in [0.2, 0.25) is 5.02 Å². The molecule has 0 spiro atoms. The van der Waals surface area contributed by atoms with Crippen LogP contribution in [0.15, 0.2) is 127 Å². The first kappa shape index (κ1) is 38.8. The number of aryl methyl sites for hydroxylation is 2. The fraction of sp³-hybridized carbons (Fsp3) is 0.233. The average molecular weight is 773 g/mol. The van der Waals surface area contributed by atoms with Crippen LogP contribution in [0, 0.1) is 0 Å². The minimum atomic E-state index is -4.68. The largest absolute Gasteiger partial charge is 0.462 e. The van der Waals surface area contributed by atoms with Gasteiger partial charge in [-0.2, -0.15) is 13.2 Å². The highest BCUT2D eigenvalue weighted by atomic mass is 35.5. The van der Waals surface area contributed by atoms with Gasteiger partial charge in [-0.3, -0.25) is 0 Å². The van der Waals surface area contributed by atoms with Crippen LogP contribution in [-0.2, 0) is 46.0 Å². The van der Waals surface area contributed by atoms with Crippen molar-refractivity contribution in [2.75, 3.05) is 13.2 Å². The lowest BCUT2D eigenvalue weighted by Gasteiger charge is -2.25. The highest BCUT2D eigenvalue weighted by molar-refractivity contribution is 7.88. The molecule has 0 radical (unpaired) electrons. The lowest BCUT2D eigenvalue weighted by Crippen LogP contribution is -2.29. The van der Waals surface area contributed by atoms with Gasteiger partial charge in [0.2, 0.25) is 10.0 Å². The van der Waals surface area contributed by atoms with Crippen molar-refractivity contribution in [3.8, 4) is 0 Å². The zero-order chi connectivity index (χ0) is 38.3. The Labute approximate surface area is 318 Å². The maximum Gasteiger partial charge on any atom is 0.416 e. The third-order valence-electron chi connectivity index (χ3n) is 9.38. The summed E-state index contributed by atoms with van der Waals surface area (Å²) in [5.41, 5.74) is 5.11. The summed E-state index contributed by atoms with van der Waals surface area (Å²) in [4.78, 5) is 12.2. The molecule has 11 heteroatoms. The Morgan fingerprint density at radius 2 is 1.44 bits per heavy atom. The minimum Gasteiger partial charge on any atom is -0.462 e. The van der Waals surface area contributed by atoms with Crippen molar-refractivity contribution >= 4 is 38.5 Å². The van der Waals surface area contributed by atoms with Gasteiger partial charge in [0, 0.05) is 34.6 Å². The summed E-state index contributed by atoms with van der Waals surface area (Å²) < 4.78 is 77.8. The molecule has 5 aromatic carbocycles. The molecule has 6 aromatic rings. The lowest BCUT2D eigenvalue weighted by atomic mass is 9.97. The Hall–Kier alpha value is -4.90. The molecule has 6 rings (SSSR count). The van der Waals surface area contributed by atoms with E-state index in [4.69, 9.17) is 16.3 Å². The van der Waals surface area contributed by atoms with Gasteiger partial charge in [-0.1, -0.05) is 103 Å². The number of rotatable bonds is 15. The van der Waals surface area contributed by atoms with E-state index in [-0.39, 0.29) is 30.5 Å². The van der Waals surface area contributed by atoms with Crippen LogP contribution in [0.5, 0.6) is 0 Å². The SMILES string of the molecule is CCOC(=O)c1ccc(CCCc2c(CCNS(=O)(=O)Cc3ccccc3C(F)(F)F)n(C(c3ccccc3)c3ccccc3)c3ccc(Cl)cc23)cc1. The topological polar surface area (TPSA) is 77.4 Å². The first-order valence-electron chi connectivity index (χ1n) is 17.7. The number of alkyl halides is 3. The minimum absolute atomic E-state index is 0.0425. The number of nitrogens with one attached hydrogen (secondary N) is 1. The van der Waals surface area contributed by atoms with E-state index in [1.54, 1.807) is 19.1 Å². The van der Waals surface area contributed by atoms with Crippen molar-refractivity contribution in [2.24, 2.45) is 0 Å². The van der Waals surface area contributed by atoms with E-state index in [0.29, 0.717) is 30.0 Å². The molecule has 0 atom stereocenters. The number of sulfonamides is 1. The van der Waals surface area contributed by atoms with Gasteiger partial charge in [-0.25, -0.2) is 17.9 Å². The molecule has 0 saturated heterocycles. The first-order valence-corrected chi connectivity index (χ1v) is 19.8. The molecule has 54 heavy (non-hydrogen) atoms. The van der Waals surface area contributed by atoms with E-state index in [0.717, 1.165) is 51.3 Å². The van der Waals surface area contributed by atoms with Crippen LogP contribution in [-0.4, -0.2) is 32.1 Å². The van der Waals surface area contributed by atoms with Crippen LogP contribution in [0.4, 0.5) is 13.2 Å². The molecule has 6 nitrogen and oxygen atoms in total. The van der Waals surface area contributed by atoms with Crippen molar-refractivity contribution in [1.82, 2.24) is 9.29 Å². The van der Waals surface area contributed by atoms with Gasteiger partial charge in [0.15, 0.2) is 0 Å². The van der Waals surface area contributed by atoms with Crippen LogP contribution < -0.4 is 4.72 Å². The molecule has 1 aromatic heterocycles. The third kappa shape index (κ3) is 9.24. The summed E-state index contributed by atoms with van der Waals surface area (Å²) in [6.07, 6.45) is -2.36. The van der Waals surface area contributed by atoms with E-state index < -0.39 is 27.5 Å². The highest BCUT2D eigenvalue weighted by Crippen LogP contribution is 2.38. The summed E-state index contributed by atoms with van der Waals surface area (Å²) in [6, 6.07) is 37.6. The number of hydrogen-bond acceptors (Lipinski definition) is 4. The number of halogens is 4. The summed E-state index contributed by atoms with van der Waals surface area (Å²) in [5.74, 6) is -1.18. The van der Waals surface area contributed by atoms with E-state index in [2.05, 4.69) is 33.6 Å². The Morgan fingerprint density at radius 1 is 0.815 bits per heavy atom. The molecular weight excluding hydrogens is 733 g/mol. The standard InChI is InChI=1S/C43H40ClF3N2O4S/c1-2-53-42(50)33-22-20-30(21-23-33)12-11-18-36-37-28-35(44)24-25-39(37)49(41(31-13-5-3-6-14-31)32-15-7-4-8-16-32)40(36)26-27-48-54(51,52)29-34-17-9-10-19-38(34)43(45,46)47/h3-10,13-17,19-25,28,41,48H,2,11-12,18,26-27,29H2,1H3. The Bertz CT molecular complexity index is 2270. The van der Waals surface area contributed by atoms with Crippen molar-refractivity contribution < 1.29 is 31.1 Å². The number of aromatic nitrogens is 1. The number of ether oxygens (including phenoxy) is 1.